The zero-order valence-corrected chi connectivity index (χ0v) is 12.7. The molecule has 1 amide bonds. The summed E-state index contributed by atoms with van der Waals surface area (Å²) < 4.78 is 5.35. The van der Waals surface area contributed by atoms with Crippen LogP contribution >= 0.6 is 0 Å². The molecular formula is C17H21NO4. The molecule has 22 heavy (non-hydrogen) atoms. The van der Waals surface area contributed by atoms with E-state index in [1.807, 2.05) is 29.2 Å². The molecule has 2 atom stereocenters. The van der Waals surface area contributed by atoms with Crippen molar-refractivity contribution in [1.29, 1.82) is 0 Å². The Kier molecular flexibility index (Phi) is 4.05. The number of carboxylic acid groups (broad SMARTS) is 1. The lowest BCUT2D eigenvalue weighted by molar-refractivity contribution is -0.157. The predicted molar refractivity (Wildman–Crippen MR) is 80.4 cm³/mol. The summed E-state index contributed by atoms with van der Waals surface area (Å²) in [6.45, 7) is 0.496. The summed E-state index contributed by atoms with van der Waals surface area (Å²) in [5.74, 6) is -0.951. The van der Waals surface area contributed by atoms with Crippen molar-refractivity contribution in [3.63, 3.8) is 0 Å². The topological polar surface area (TPSA) is 66.8 Å². The Hall–Kier alpha value is -2.04. The molecule has 3 rings (SSSR count). The van der Waals surface area contributed by atoms with Gasteiger partial charge in [0.1, 0.15) is 5.75 Å². The second-order valence-corrected chi connectivity index (χ2v) is 6.14. The van der Waals surface area contributed by atoms with E-state index in [4.69, 9.17) is 9.84 Å². The van der Waals surface area contributed by atoms with Gasteiger partial charge in [-0.3, -0.25) is 9.59 Å². The lowest BCUT2D eigenvalue weighted by Gasteiger charge is -2.36. The third-order valence-corrected chi connectivity index (χ3v) is 4.71. The van der Waals surface area contributed by atoms with E-state index in [0.29, 0.717) is 19.4 Å². The highest BCUT2D eigenvalue weighted by atomic mass is 16.5. The molecule has 2 aliphatic rings. The van der Waals surface area contributed by atoms with Crippen LogP contribution in [0.15, 0.2) is 24.3 Å². The minimum absolute atomic E-state index is 0.00736. The number of nitrogens with zero attached hydrogens (tertiary/aromatic N) is 1. The van der Waals surface area contributed by atoms with Crippen LogP contribution in [0, 0.1) is 11.8 Å². The Labute approximate surface area is 129 Å². The van der Waals surface area contributed by atoms with E-state index >= 15 is 0 Å². The van der Waals surface area contributed by atoms with Crippen LogP contribution in [0.1, 0.15) is 31.2 Å². The molecule has 5 heteroatoms. The fourth-order valence-electron chi connectivity index (χ4n) is 3.09. The van der Waals surface area contributed by atoms with E-state index in [2.05, 4.69) is 0 Å². The summed E-state index contributed by atoms with van der Waals surface area (Å²) >= 11 is 0. The summed E-state index contributed by atoms with van der Waals surface area (Å²) in [6.07, 6.45) is 3.31. The Bertz CT molecular complexity index is 582. The number of hydrogen-bond acceptors (Lipinski definition) is 3. The number of benzene rings is 1. The Balaban J connectivity index is 1.76. The highest BCUT2D eigenvalue weighted by Gasteiger charge is 2.45. The van der Waals surface area contributed by atoms with Gasteiger partial charge < -0.3 is 14.7 Å². The number of amides is 1. The first kappa shape index (κ1) is 14.9. The van der Waals surface area contributed by atoms with Crippen LogP contribution in [0.3, 0.4) is 0 Å². The van der Waals surface area contributed by atoms with Gasteiger partial charge in [-0.25, -0.2) is 0 Å². The normalized spacial score (nSPS) is 23.5. The number of carbonyl (C=O) groups is 2. The molecule has 0 saturated heterocycles. The number of hydrogen-bond donors (Lipinski definition) is 1. The smallest absolute Gasteiger partial charge is 0.307 e. The molecule has 1 N–H and O–H groups in total. The molecule has 2 saturated carbocycles. The summed E-state index contributed by atoms with van der Waals surface area (Å²) in [5, 5.41) is 9.17. The molecule has 5 nitrogen and oxygen atoms in total. The highest BCUT2D eigenvalue weighted by molar-refractivity contribution is 5.86. The molecule has 1 aromatic rings. The van der Waals surface area contributed by atoms with Crippen molar-refractivity contribution in [2.24, 2.45) is 11.8 Å². The van der Waals surface area contributed by atoms with E-state index in [-0.39, 0.29) is 17.9 Å². The standard InChI is InChI=1S/C17H21NO4/c1-22-15-5-3-2-4-11(15)10-18(12-6-7-12)16(19)13-8-9-14(13)17(20)21/h2-5,12-14H,6-10H2,1H3,(H,20,21). The number of ether oxygens (including phenoxy) is 1. The molecule has 2 unspecified atom stereocenters. The number of rotatable bonds is 6. The molecule has 2 fully saturated rings. The Morgan fingerprint density at radius 1 is 1.18 bits per heavy atom. The zero-order chi connectivity index (χ0) is 15.7. The maximum Gasteiger partial charge on any atom is 0.307 e. The van der Waals surface area contributed by atoms with Crippen LogP contribution in [0.25, 0.3) is 0 Å². The van der Waals surface area contributed by atoms with Gasteiger partial charge in [0.15, 0.2) is 0 Å². The van der Waals surface area contributed by atoms with Gasteiger partial charge in [0.2, 0.25) is 5.91 Å². The van der Waals surface area contributed by atoms with Gasteiger partial charge in [-0.1, -0.05) is 18.2 Å². The monoisotopic (exact) mass is 303 g/mol. The van der Waals surface area contributed by atoms with Crippen molar-refractivity contribution in [3.05, 3.63) is 29.8 Å². The van der Waals surface area contributed by atoms with E-state index in [1.54, 1.807) is 7.11 Å². The highest BCUT2D eigenvalue weighted by Crippen LogP contribution is 2.39. The third-order valence-electron chi connectivity index (χ3n) is 4.71. The van der Waals surface area contributed by atoms with Crippen LogP contribution < -0.4 is 4.74 Å². The molecule has 0 spiro atoms. The van der Waals surface area contributed by atoms with E-state index in [0.717, 1.165) is 24.2 Å². The first-order chi connectivity index (χ1) is 10.6. The SMILES string of the molecule is COc1ccccc1CN(C(=O)C1CCC1C(=O)O)C1CC1. The van der Waals surface area contributed by atoms with Crippen molar-refractivity contribution in [3.8, 4) is 5.75 Å². The quantitative estimate of drug-likeness (QED) is 0.875. The average molecular weight is 303 g/mol. The molecule has 0 heterocycles. The zero-order valence-electron chi connectivity index (χ0n) is 12.7. The van der Waals surface area contributed by atoms with Crippen molar-refractivity contribution >= 4 is 11.9 Å². The van der Waals surface area contributed by atoms with Gasteiger partial charge in [-0.15, -0.1) is 0 Å². The van der Waals surface area contributed by atoms with Crippen molar-refractivity contribution < 1.29 is 19.4 Å². The van der Waals surface area contributed by atoms with E-state index in [9.17, 15) is 9.59 Å². The number of carbonyl (C=O) groups excluding carboxylic acids is 1. The molecule has 118 valence electrons. The summed E-state index contributed by atoms with van der Waals surface area (Å²) in [7, 11) is 1.62. The van der Waals surface area contributed by atoms with Crippen molar-refractivity contribution in [2.75, 3.05) is 7.11 Å². The van der Waals surface area contributed by atoms with Crippen LogP contribution in [0.4, 0.5) is 0 Å². The van der Waals surface area contributed by atoms with E-state index < -0.39 is 11.9 Å². The molecule has 0 aliphatic heterocycles. The maximum absolute atomic E-state index is 12.7. The van der Waals surface area contributed by atoms with Crippen molar-refractivity contribution in [1.82, 2.24) is 4.90 Å². The van der Waals surface area contributed by atoms with Gasteiger partial charge in [0, 0.05) is 18.2 Å². The number of methoxy groups -OCH3 is 1. The van der Waals surface area contributed by atoms with Crippen molar-refractivity contribution in [2.45, 2.75) is 38.3 Å². The Morgan fingerprint density at radius 3 is 2.41 bits per heavy atom. The van der Waals surface area contributed by atoms with Gasteiger partial charge in [-0.05, 0) is 31.7 Å². The van der Waals surface area contributed by atoms with Gasteiger partial charge in [-0.2, -0.15) is 0 Å². The molecular weight excluding hydrogens is 282 g/mol. The second kappa shape index (κ2) is 5.99. The number of aliphatic carboxylic acids is 1. The largest absolute Gasteiger partial charge is 0.496 e. The summed E-state index contributed by atoms with van der Waals surface area (Å²) in [4.78, 5) is 25.8. The fourth-order valence-corrected chi connectivity index (χ4v) is 3.09. The Morgan fingerprint density at radius 2 is 1.86 bits per heavy atom. The fraction of sp³-hybridized carbons (Fsp3) is 0.529. The minimum atomic E-state index is -0.849. The summed E-state index contributed by atoms with van der Waals surface area (Å²) in [6, 6.07) is 7.92. The van der Waals surface area contributed by atoms with Crippen LogP contribution in [-0.4, -0.2) is 35.0 Å². The van der Waals surface area contributed by atoms with Gasteiger partial charge in [0.05, 0.1) is 18.9 Å². The molecule has 2 aliphatic carbocycles. The first-order valence-corrected chi connectivity index (χ1v) is 7.77. The van der Waals surface area contributed by atoms with Crippen LogP contribution in [0.5, 0.6) is 5.75 Å². The lowest BCUT2D eigenvalue weighted by atomic mass is 9.73. The van der Waals surface area contributed by atoms with Crippen LogP contribution in [-0.2, 0) is 16.1 Å². The van der Waals surface area contributed by atoms with Gasteiger partial charge >= 0.3 is 5.97 Å². The predicted octanol–water partition coefficient (Wildman–Crippen LogP) is 2.30. The molecule has 0 radical (unpaired) electrons. The lowest BCUT2D eigenvalue weighted by Crippen LogP contribution is -2.46. The first-order valence-electron chi connectivity index (χ1n) is 7.77. The maximum atomic E-state index is 12.7. The third kappa shape index (κ3) is 2.80. The minimum Gasteiger partial charge on any atom is -0.496 e. The molecule has 0 aromatic heterocycles. The number of carboxylic acids is 1. The average Bonchev–Trinajstić information content (AvgIpc) is 3.27. The molecule has 1 aromatic carbocycles. The summed E-state index contributed by atoms with van der Waals surface area (Å²) in [5.41, 5.74) is 0.969. The molecule has 0 bridgehead atoms. The number of para-hydroxylation sites is 1. The van der Waals surface area contributed by atoms with Gasteiger partial charge in [0.25, 0.3) is 0 Å². The second-order valence-electron chi connectivity index (χ2n) is 6.14. The van der Waals surface area contributed by atoms with Crippen LogP contribution in [0.2, 0.25) is 0 Å². The van der Waals surface area contributed by atoms with E-state index in [1.165, 1.54) is 0 Å².